The van der Waals surface area contributed by atoms with Gasteiger partial charge in [-0.05, 0) is 218 Å². The molecule has 75 heavy (non-hydrogen) atoms. The number of nitrogens with zero attached hydrogens (tertiary/aromatic N) is 2. The van der Waals surface area contributed by atoms with Crippen LogP contribution in [0.3, 0.4) is 0 Å². The van der Waals surface area contributed by atoms with Gasteiger partial charge in [0.1, 0.15) is 5.58 Å². The highest BCUT2D eigenvalue weighted by atomic mass is 16.3. The molecule has 0 N–H and O–H groups in total. The van der Waals surface area contributed by atoms with Crippen molar-refractivity contribution in [2.24, 2.45) is 22.7 Å². The fourth-order valence-electron chi connectivity index (χ4n) is 16.2. The molecule has 4 heteroatoms. The van der Waals surface area contributed by atoms with Crippen LogP contribution in [-0.2, 0) is 27.1 Å². The zero-order valence-electron chi connectivity index (χ0n) is 48.9. The summed E-state index contributed by atoms with van der Waals surface area (Å²) in [6.07, 6.45) is 12.4. The van der Waals surface area contributed by atoms with Crippen molar-refractivity contribution in [3.05, 3.63) is 147 Å². The predicted molar refractivity (Wildman–Crippen MR) is 320 cm³/mol. The number of furan rings is 1. The highest BCUT2D eigenvalue weighted by Gasteiger charge is 2.54. The van der Waals surface area contributed by atoms with Crippen molar-refractivity contribution in [3.8, 4) is 11.1 Å². The van der Waals surface area contributed by atoms with E-state index in [-0.39, 0.29) is 44.6 Å². The maximum Gasteiger partial charge on any atom is 0.296 e. The van der Waals surface area contributed by atoms with E-state index in [9.17, 15) is 0 Å². The van der Waals surface area contributed by atoms with Crippen LogP contribution in [-0.4, -0.2) is 6.71 Å². The Kier molecular flexibility index (Phi) is 10.3. The smallest absolute Gasteiger partial charge is 0.296 e. The number of anilines is 5. The molecule has 0 amide bonds. The van der Waals surface area contributed by atoms with Gasteiger partial charge in [-0.15, -0.1) is 0 Å². The molecule has 0 saturated heterocycles. The number of aryl methyl sites for hydroxylation is 1. The largest absolute Gasteiger partial charge is 0.468 e. The topological polar surface area (TPSA) is 19.6 Å². The minimum Gasteiger partial charge on any atom is -0.468 e. The van der Waals surface area contributed by atoms with Crippen LogP contribution in [0.1, 0.15) is 207 Å². The molecule has 6 aromatic rings. The van der Waals surface area contributed by atoms with Crippen LogP contribution in [0.5, 0.6) is 0 Å². The molecule has 2 fully saturated rings. The molecule has 0 spiro atoms. The first-order valence-corrected chi connectivity index (χ1v) is 29.3. The number of allylic oxidation sites excluding steroid dienone is 4. The van der Waals surface area contributed by atoms with Crippen LogP contribution in [0.25, 0.3) is 22.1 Å². The van der Waals surface area contributed by atoms with E-state index in [0.717, 1.165) is 23.6 Å². The number of hydrogen-bond acceptors (Lipinski definition) is 3. The van der Waals surface area contributed by atoms with Gasteiger partial charge in [0.25, 0.3) is 6.71 Å². The average Bonchev–Trinajstić information content (AvgIpc) is 4.06. The third kappa shape index (κ3) is 7.24. The molecule has 5 aliphatic carbocycles. The third-order valence-electron chi connectivity index (χ3n) is 21.4. The van der Waals surface area contributed by atoms with Crippen LogP contribution in [0.4, 0.5) is 28.4 Å². The summed E-state index contributed by atoms with van der Waals surface area (Å²) < 4.78 is 7.83. The van der Waals surface area contributed by atoms with Crippen molar-refractivity contribution in [3.63, 3.8) is 0 Å². The van der Waals surface area contributed by atoms with Crippen LogP contribution < -0.4 is 20.9 Å². The van der Waals surface area contributed by atoms with Gasteiger partial charge in [0.15, 0.2) is 0 Å². The van der Waals surface area contributed by atoms with E-state index in [1.165, 1.54) is 140 Å². The highest BCUT2D eigenvalue weighted by molar-refractivity contribution is 6.95. The van der Waals surface area contributed by atoms with Crippen molar-refractivity contribution in [2.45, 2.75) is 202 Å². The number of fused-ring (bicyclic) bond motifs is 11. The van der Waals surface area contributed by atoms with Crippen molar-refractivity contribution >= 4 is 57.2 Å². The Balaban J connectivity index is 1.14. The molecular weight excluding hydrogens is 908 g/mol. The van der Waals surface area contributed by atoms with Gasteiger partial charge in [-0.25, -0.2) is 0 Å². The molecule has 3 nitrogen and oxygen atoms in total. The van der Waals surface area contributed by atoms with Gasteiger partial charge < -0.3 is 14.2 Å². The summed E-state index contributed by atoms with van der Waals surface area (Å²) in [4.78, 5) is 5.48. The van der Waals surface area contributed by atoms with Crippen molar-refractivity contribution in [1.82, 2.24) is 0 Å². The van der Waals surface area contributed by atoms with Crippen molar-refractivity contribution in [2.75, 3.05) is 9.80 Å². The van der Waals surface area contributed by atoms with Gasteiger partial charge in [-0.2, -0.15) is 0 Å². The number of benzene rings is 5. The fourth-order valence-corrected chi connectivity index (χ4v) is 16.2. The highest BCUT2D eigenvalue weighted by Crippen LogP contribution is 2.61. The molecule has 4 atom stereocenters. The molecule has 0 radical (unpaired) electrons. The zero-order valence-corrected chi connectivity index (χ0v) is 48.9. The Hall–Kier alpha value is -5.22. The molecule has 2 saturated carbocycles. The molecule has 13 rings (SSSR count). The SMILES string of the molecule is Cc1cc2c3c(c1)N(c1ccc4c(c1)C(C)(C)CCC4(C)C)c1c(oc4cc5c(cc14)C1(C)CCC(C1)C5C)B3C1=C(CC3C(=C1)C(C)(C)CCC3(C)C)N2c1ccc(C(C)(C)C)cc1-c1ccc(C(C)(C)C)cc1. The molecule has 388 valence electrons. The number of hydrogen-bond donors (Lipinski definition) is 0. The lowest BCUT2D eigenvalue weighted by Gasteiger charge is -2.53. The maximum atomic E-state index is 7.83. The second-order valence-electron chi connectivity index (χ2n) is 30.4. The Morgan fingerprint density at radius 2 is 1.28 bits per heavy atom. The van der Waals surface area contributed by atoms with Gasteiger partial charge >= 0.3 is 0 Å². The summed E-state index contributed by atoms with van der Waals surface area (Å²) in [6, 6.07) is 34.8. The summed E-state index contributed by atoms with van der Waals surface area (Å²) in [5.74, 6) is 1.67. The Bertz CT molecular complexity index is 3480. The Labute approximate surface area is 451 Å². The summed E-state index contributed by atoms with van der Waals surface area (Å²) in [5.41, 5.74) is 27.6. The molecule has 1 aromatic heterocycles. The van der Waals surface area contributed by atoms with E-state index in [1.807, 2.05) is 0 Å². The van der Waals surface area contributed by atoms with Gasteiger partial charge in [-0.1, -0.05) is 159 Å². The van der Waals surface area contributed by atoms with E-state index in [4.69, 9.17) is 4.42 Å². The van der Waals surface area contributed by atoms with Crippen LogP contribution in [0, 0.1) is 29.6 Å². The second-order valence-corrected chi connectivity index (χ2v) is 30.4. The van der Waals surface area contributed by atoms with Gasteiger partial charge in [-0.3, -0.25) is 0 Å². The quantitative estimate of drug-likeness (QED) is 0.165. The summed E-state index contributed by atoms with van der Waals surface area (Å²) in [7, 11) is 0. The van der Waals surface area contributed by atoms with E-state index in [1.54, 1.807) is 11.1 Å². The van der Waals surface area contributed by atoms with E-state index in [2.05, 4.69) is 219 Å². The molecule has 2 bridgehead atoms. The minimum absolute atomic E-state index is 0.0242. The molecule has 5 aromatic carbocycles. The van der Waals surface area contributed by atoms with Crippen molar-refractivity contribution in [1.29, 1.82) is 0 Å². The van der Waals surface area contributed by atoms with Gasteiger partial charge in [0.05, 0.1) is 17.0 Å². The van der Waals surface area contributed by atoms with Crippen molar-refractivity contribution < 1.29 is 4.42 Å². The Morgan fingerprint density at radius 3 is 1.97 bits per heavy atom. The molecule has 2 aliphatic heterocycles. The average molecular weight is 993 g/mol. The molecular formula is C71H85BN2O. The lowest BCUT2D eigenvalue weighted by Crippen LogP contribution is -2.57. The summed E-state index contributed by atoms with van der Waals surface area (Å²) in [5, 5.41) is 1.28. The third-order valence-corrected chi connectivity index (χ3v) is 21.4. The van der Waals surface area contributed by atoms with E-state index >= 15 is 0 Å². The predicted octanol–water partition coefficient (Wildman–Crippen LogP) is 18.7. The van der Waals surface area contributed by atoms with Gasteiger partial charge in [0.2, 0.25) is 0 Å². The normalized spacial score (nSPS) is 25.5. The van der Waals surface area contributed by atoms with E-state index < -0.39 is 0 Å². The first kappa shape index (κ1) is 49.4. The minimum atomic E-state index is -0.0763. The van der Waals surface area contributed by atoms with Crippen LogP contribution in [0.15, 0.2) is 112 Å². The van der Waals surface area contributed by atoms with Crippen LogP contribution >= 0.6 is 0 Å². The summed E-state index contributed by atoms with van der Waals surface area (Å²) in [6.45, 7) is 41.5. The zero-order chi connectivity index (χ0) is 53.1. The summed E-state index contributed by atoms with van der Waals surface area (Å²) >= 11 is 0. The van der Waals surface area contributed by atoms with E-state index in [0.29, 0.717) is 11.8 Å². The maximum absolute atomic E-state index is 7.83. The first-order valence-electron chi connectivity index (χ1n) is 29.3. The lowest BCUT2D eigenvalue weighted by atomic mass is 9.33. The fraction of sp³-hybridized carbons (Fsp3) is 0.493. The first-order chi connectivity index (χ1) is 35.1. The molecule has 7 aliphatic rings. The standard InChI is InChI=1S/C71H85BN2O/c1-41-32-59-62-60(33-41)74(57-25-22-46(66(6,7)8)34-49(57)43-18-20-45(21-19-43)65(3,4)5)58-39-55-54(69(13,14)30-31-70(55,15)16)38-56(58)72(62)64-63(73(59)47-23-24-51-53(35-47)68(11,12)29-28-67(51,9)10)50-36-52-48(37-61(50)75-64)42(2)44-26-27-71(52,17)40-44/h18-25,32-38,42,44,55H,26-31,39-40H2,1-17H3. The second kappa shape index (κ2) is 15.7. The van der Waals surface area contributed by atoms with Crippen LogP contribution in [0.2, 0.25) is 0 Å². The molecule has 3 heterocycles. The molecule has 4 unspecified atom stereocenters. The Morgan fingerprint density at radius 1 is 0.627 bits per heavy atom. The monoisotopic (exact) mass is 993 g/mol. The van der Waals surface area contributed by atoms with Gasteiger partial charge in [0, 0.05) is 33.7 Å². The number of rotatable bonds is 3. The lowest BCUT2D eigenvalue weighted by molar-refractivity contribution is 0.121.